The van der Waals surface area contributed by atoms with E-state index in [0.717, 1.165) is 51.7 Å². The van der Waals surface area contributed by atoms with Gasteiger partial charge in [-0.15, -0.1) is 0 Å². The highest BCUT2D eigenvalue weighted by Crippen LogP contribution is 2.21. The molecule has 2 heterocycles. The molecule has 22 heavy (non-hydrogen) atoms. The highest BCUT2D eigenvalue weighted by atomic mass is 16.2. The average molecular weight is 309 g/mol. The molecule has 0 radical (unpaired) electrons. The lowest BCUT2D eigenvalue weighted by Gasteiger charge is -2.37. The summed E-state index contributed by atoms with van der Waals surface area (Å²) in [4.78, 5) is 31.1. The van der Waals surface area contributed by atoms with E-state index < -0.39 is 0 Å². The highest BCUT2D eigenvalue weighted by molar-refractivity contribution is 5.87. The third kappa shape index (κ3) is 4.00. The molecular weight excluding hydrogens is 278 g/mol. The fourth-order valence-corrected chi connectivity index (χ4v) is 3.71. The van der Waals surface area contributed by atoms with Gasteiger partial charge in [-0.05, 0) is 52.1 Å². The van der Waals surface area contributed by atoms with Gasteiger partial charge >= 0.3 is 0 Å². The smallest absolute Gasteiger partial charge is 0.245 e. The Morgan fingerprint density at radius 1 is 1.14 bits per heavy atom. The summed E-state index contributed by atoms with van der Waals surface area (Å²) in [6.45, 7) is 4.66. The zero-order chi connectivity index (χ0) is 16.1. The second-order valence-electron chi connectivity index (χ2n) is 6.84. The number of likely N-dealkylation sites (N-methyl/N-ethyl adjacent to an activating group) is 2. The van der Waals surface area contributed by atoms with Crippen LogP contribution in [0.25, 0.3) is 0 Å². The van der Waals surface area contributed by atoms with Gasteiger partial charge in [0, 0.05) is 32.6 Å². The van der Waals surface area contributed by atoms with E-state index in [1.165, 1.54) is 6.42 Å². The van der Waals surface area contributed by atoms with Crippen molar-refractivity contribution in [2.45, 2.75) is 64.0 Å². The maximum absolute atomic E-state index is 12.8. The maximum Gasteiger partial charge on any atom is 0.245 e. The van der Waals surface area contributed by atoms with Crippen molar-refractivity contribution >= 4 is 11.8 Å². The summed E-state index contributed by atoms with van der Waals surface area (Å²) in [6, 6.07) is 0.238. The summed E-state index contributed by atoms with van der Waals surface area (Å²) in [7, 11) is 4.03. The minimum absolute atomic E-state index is 0.129. The summed E-state index contributed by atoms with van der Waals surface area (Å²) < 4.78 is 0. The fraction of sp³-hybridized carbons (Fsp3) is 0.882. The Morgan fingerprint density at radius 3 is 2.55 bits per heavy atom. The molecule has 2 atom stereocenters. The molecule has 0 aromatic rings. The van der Waals surface area contributed by atoms with Crippen molar-refractivity contribution in [3.8, 4) is 0 Å². The zero-order valence-corrected chi connectivity index (χ0v) is 14.4. The first-order valence-electron chi connectivity index (χ1n) is 8.79. The van der Waals surface area contributed by atoms with Crippen molar-refractivity contribution in [2.75, 3.05) is 33.7 Å². The van der Waals surface area contributed by atoms with Gasteiger partial charge in [-0.1, -0.05) is 6.92 Å². The van der Waals surface area contributed by atoms with Crippen LogP contribution in [0.5, 0.6) is 0 Å². The molecule has 126 valence electrons. The van der Waals surface area contributed by atoms with Crippen LogP contribution in [0.15, 0.2) is 0 Å². The van der Waals surface area contributed by atoms with Crippen LogP contribution < -0.4 is 0 Å². The first-order chi connectivity index (χ1) is 10.5. The predicted molar refractivity (Wildman–Crippen MR) is 87.5 cm³/mol. The minimum atomic E-state index is -0.232. The van der Waals surface area contributed by atoms with Gasteiger partial charge in [0.05, 0.1) is 0 Å². The van der Waals surface area contributed by atoms with Crippen molar-refractivity contribution in [1.82, 2.24) is 14.7 Å². The van der Waals surface area contributed by atoms with E-state index in [9.17, 15) is 9.59 Å². The van der Waals surface area contributed by atoms with Crippen LogP contribution in [-0.2, 0) is 9.59 Å². The molecule has 0 aliphatic carbocycles. The Bertz CT molecular complexity index is 399. The lowest BCUT2D eigenvalue weighted by atomic mass is 10.00. The highest BCUT2D eigenvalue weighted by Gasteiger charge is 2.34. The van der Waals surface area contributed by atoms with E-state index in [1.54, 1.807) is 0 Å². The minimum Gasteiger partial charge on any atom is -0.342 e. The number of carbonyl (C=O) groups is 2. The number of nitrogens with zero attached hydrogens (tertiary/aromatic N) is 3. The van der Waals surface area contributed by atoms with Crippen molar-refractivity contribution in [3.63, 3.8) is 0 Å². The maximum atomic E-state index is 12.8. The summed E-state index contributed by atoms with van der Waals surface area (Å²) in [5.41, 5.74) is 0. The second kappa shape index (κ2) is 7.95. The van der Waals surface area contributed by atoms with Crippen LogP contribution in [0, 0.1) is 0 Å². The van der Waals surface area contributed by atoms with Gasteiger partial charge in [-0.3, -0.25) is 9.59 Å². The Balaban J connectivity index is 1.97. The molecule has 0 saturated carbocycles. The molecule has 0 N–H and O–H groups in total. The molecule has 2 fully saturated rings. The Labute approximate surface area is 134 Å². The van der Waals surface area contributed by atoms with Crippen molar-refractivity contribution in [2.24, 2.45) is 0 Å². The number of piperidine rings is 1. The lowest BCUT2D eigenvalue weighted by Crippen LogP contribution is -2.53. The van der Waals surface area contributed by atoms with Crippen molar-refractivity contribution < 1.29 is 9.59 Å². The van der Waals surface area contributed by atoms with E-state index in [1.807, 2.05) is 23.8 Å². The Morgan fingerprint density at radius 2 is 1.91 bits per heavy atom. The molecule has 5 nitrogen and oxygen atoms in total. The molecule has 2 aliphatic rings. The van der Waals surface area contributed by atoms with Gasteiger partial charge in [-0.2, -0.15) is 0 Å². The van der Waals surface area contributed by atoms with Crippen LogP contribution in [-0.4, -0.2) is 72.3 Å². The Kier molecular flexibility index (Phi) is 6.24. The topological polar surface area (TPSA) is 43.9 Å². The van der Waals surface area contributed by atoms with Crippen molar-refractivity contribution in [1.29, 1.82) is 0 Å². The van der Waals surface area contributed by atoms with E-state index in [2.05, 4.69) is 11.9 Å². The van der Waals surface area contributed by atoms with Gasteiger partial charge in [0.1, 0.15) is 6.04 Å². The molecule has 2 unspecified atom stereocenters. The van der Waals surface area contributed by atoms with Crippen LogP contribution in [0.3, 0.4) is 0 Å². The van der Waals surface area contributed by atoms with E-state index in [-0.39, 0.29) is 17.9 Å². The molecule has 0 spiro atoms. The predicted octanol–water partition coefficient (Wildman–Crippen LogP) is 1.72. The number of hydrogen-bond acceptors (Lipinski definition) is 3. The molecule has 2 saturated heterocycles. The number of rotatable bonds is 5. The average Bonchev–Trinajstić information content (AvgIpc) is 2.92. The SMILES string of the molecule is CCCC(=O)N1CCCCC1C(=O)N(C)CC1CCCN1C. The molecule has 0 aromatic heterocycles. The first-order valence-corrected chi connectivity index (χ1v) is 8.79. The quantitative estimate of drug-likeness (QED) is 0.777. The molecule has 0 bridgehead atoms. The number of hydrogen-bond donors (Lipinski definition) is 0. The molecule has 5 heteroatoms. The Hall–Kier alpha value is -1.10. The third-order valence-electron chi connectivity index (χ3n) is 5.10. The standard InChI is InChI=1S/C17H31N3O2/c1-4-8-16(21)20-12-6-5-10-15(20)17(22)19(3)13-14-9-7-11-18(14)2/h14-15H,4-13H2,1-3H3. The van der Waals surface area contributed by atoms with Gasteiger partial charge in [0.15, 0.2) is 0 Å². The summed E-state index contributed by atoms with van der Waals surface area (Å²) >= 11 is 0. The number of likely N-dealkylation sites (tertiary alicyclic amines) is 2. The molecule has 0 aromatic carbocycles. The summed E-state index contributed by atoms with van der Waals surface area (Å²) in [6.07, 6.45) is 6.67. The van der Waals surface area contributed by atoms with E-state index in [0.29, 0.717) is 12.5 Å². The van der Waals surface area contributed by atoms with Crippen LogP contribution >= 0.6 is 0 Å². The first kappa shape index (κ1) is 17.3. The third-order valence-corrected chi connectivity index (χ3v) is 5.10. The van der Waals surface area contributed by atoms with Gasteiger partial charge < -0.3 is 14.7 Å². The van der Waals surface area contributed by atoms with Crippen LogP contribution in [0.4, 0.5) is 0 Å². The van der Waals surface area contributed by atoms with Gasteiger partial charge in [0.25, 0.3) is 0 Å². The number of carbonyl (C=O) groups excluding carboxylic acids is 2. The van der Waals surface area contributed by atoms with E-state index in [4.69, 9.17) is 0 Å². The lowest BCUT2D eigenvalue weighted by molar-refractivity contribution is -0.147. The van der Waals surface area contributed by atoms with Crippen LogP contribution in [0.1, 0.15) is 51.9 Å². The van der Waals surface area contributed by atoms with Crippen LogP contribution in [0.2, 0.25) is 0 Å². The second-order valence-corrected chi connectivity index (χ2v) is 6.84. The molecular formula is C17H31N3O2. The summed E-state index contributed by atoms with van der Waals surface area (Å²) in [5, 5.41) is 0. The van der Waals surface area contributed by atoms with Gasteiger partial charge in [-0.25, -0.2) is 0 Å². The fourth-order valence-electron chi connectivity index (χ4n) is 3.71. The molecule has 2 amide bonds. The van der Waals surface area contributed by atoms with E-state index >= 15 is 0 Å². The molecule has 2 aliphatic heterocycles. The largest absolute Gasteiger partial charge is 0.342 e. The monoisotopic (exact) mass is 309 g/mol. The summed E-state index contributed by atoms with van der Waals surface area (Å²) in [5.74, 6) is 0.274. The molecule has 2 rings (SSSR count). The zero-order valence-electron chi connectivity index (χ0n) is 14.4. The number of amides is 2. The normalized spacial score (nSPS) is 26.2. The van der Waals surface area contributed by atoms with Crippen molar-refractivity contribution in [3.05, 3.63) is 0 Å². The van der Waals surface area contributed by atoms with Gasteiger partial charge in [0.2, 0.25) is 11.8 Å².